The monoisotopic (exact) mass is 545 g/mol. The van der Waals surface area contributed by atoms with Gasteiger partial charge in [-0.3, -0.25) is 24.1 Å². The second-order valence-corrected chi connectivity index (χ2v) is 9.66. The molecule has 1 saturated heterocycles. The number of para-hydroxylation sites is 2. The van der Waals surface area contributed by atoms with E-state index in [4.69, 9.17) is 9.47 Å². The number of carbonyl (C=O) groups excluding carboxylic acids is 4. The average Bonchev–Trinajstić information content (AvgIpc) is 3.18. The van der Waals surface area contributed by atoms with Gasteiger partial charge in [0.1, 0.15) is 18.0 Å². The predicted octanol–water partition coefficient (Wildman–Crippen LogP) is 5.00. The van der Waals surface area contributed by atoms with Crippen molar-refractivity contribution in [3.63, 3.8) is 0 Å². The number of benzene rings is 3. The highest BCUT2D eigenvalue weighted by molar-refractivity contribution is 8.18. The summed E-state index contributed by atoms with van der Waals surface area (Å²) in [6.07, 6.45) is 1.58. The zero-order valence-electron chi connectivity index (χ0n) is 21.6. The Hall–Kier alpha value is -4.57. The van der Waals surface area contributed by atoms with Crippen molar-refractivity contribution in [3.8, 4) is 11.5 Å². The largest absolute Gasteiger partial charge is 0.495 e. The molecule has 2 N–H and O–H groups in total. The Morgan fingerprint density at radius 1 is 0.897 bits per heavy atom. The maximum atomic E-state index is 12.8. The van der Waals surface area contributed by atoms with Crippen LogP contribution in [-0.2, 0) is 14.4 Å². The Morgan fingerprint density at radius 3 is 2.33 bits per heavy atom. The number of thioether (sulfide) groups is 1. The van der Waals surface area contributed by atoms with E-state index in [0.29, 0.717) is 28.4 Å². The van der Waals surface area contributed by atoms with Crippen LogP contribution in [0.1, 0.15) is 16.7 Å². The van der Waals surface area contributed by atoms with Gasteiger partial charge in [0.2, 0.25) is 5.91 Å². The molecule has 9 nitrogen and oxygen atoms in total. The number of hydrogen-bond acceptors (Lipinski definition) is 7. The van der Waals surface area contributed by atoms with Crippen molar-refractivity contribution in [3.05, 3.63) is 88.3 Å². The van der Waals surface area contributed by atoms with Crippen molar-refractivity contribution < 1.29 is 28.7 Å². The number of carbonyl (C=O) groups is 4. The van der Waals surface area contributed by atoms with Gasteiger partial charge in [-0.15, -0.1) is 0 Å². The second kappa shape index (κ2) is 12.3. The highest BCUT2D eigenvalue weighted by Crippen LogP contribution is 2.32. The van der Waals surface area contributed by atoms with E-state index in [1.165, 1.54) is 7.11 Å². The Morgan fingerprint density at radius 2 is 1.59 bits per heavy atom. The molecular formula is C29H27N3O6S. The molecule has 200 valence electrons. The lowest BCUT2D eigenvalue weighted by molar-refractivity contribution is -0.127. The van der Waals surface area contributed by atoms with Gasteiger partial charge in [-0.2, -0.15) is 0 Å². The van der Waals surface area contributed by atoms with Crippen molar-refractivity contribution in [2.45, 2.75) is 13.8 Å². The van der Waals surface area contributed by atoms with Crippen LogP contribution in [0.15, 0.2) is 71.6 Å². The fourth-order valence-electron chi connectivity index (χ4n) is 3.75. The quantitative estimate of drug-likeness (QED) is 0.364. The predicted molar refractivity (Wildman–Crippen MR) is 151 cm³/mol. The van der Waals surface area contributed by atoms with Crippen LogP contribution in [0.25, 0.3) is 6.08 Å². The van der Waals surface area contributed by atoms with Crippen molar-refractivity contribution in [2.24, 2.45) is 0 Å². The third kappa shape index (κ3) is 6.85. The Balaban J connectivity index is 1.32. The molecule has 0 unspecified atom stereocenters. The Labute approximate surface area is 230 Å². The molecule has 3 aromatic carbocycles. The average molecular weight is 546 g/mol. The number of ether oxygens (including phenoxy) is 2. The van der Waals surface area contributed by atoms with Crippen LogP contribution in [0.2, 0.25) is 0 Å². The number of methoxy groups -OCH3 is 1. The van der Waals surface area contributed by atoms with Gasteiger partial charge >= 0.3 is 0 Å². The van der Waals surface area contributed by atoms with Crippen molar-refractivity contribution in [2.75, 3.05) is 30.9 Å². The molecule has 0 saturated carbocycles. The second-order valence-electron chi connectivity index (χ2n) is 8.67. The molecule has 1 fully saturated rings. The number of nitrogens with one attached hydrogen (secondary N) is 2. The third-order valence-electron chi connectivity index (χ3n) is 5.98. The normalized spacial score (nSPS) is 13.9. The van der Waals surface area contributed by atoms with Gasteiger partial charge in [0.05, 0.1) is 17.7 Å². The molecule has 0 bridgehead atoms. The summed E-state index contributed by atoms with van der Waals surface area (Å²) in [5, 5.41) is 4.99. The summed E-state index contributed by atoms with van der Waals surface area (Å²) in [7, 11) is 1.52. The molecule has 1 heterocycles. The Kier molecular flexibility index (Phi) is 8.67. The number of amides is 4. The summed E-state index contributed by atoms with van der Waals surface area (Å²) in [5.74, 6) is -0.336. The maximum absolute atomic E-state index is 12.8. The number of rotatable bonds is 9. The van der Waals surface area contributed by atoms with E-state index in [2.05, 4.69) is 10.6 Å². The van der Waals surface area contributed by atoms with Crippen LogP contribution in [0, 0.1) is 13.8 Å². The first-order valence-electron chi connectivity index (χ1n) is 12.0. The van der Waals surface area contributed by atoms with Gasteiger partial charge in [0, 0.05) is 5.69 Å². The highest BCUT2D eigenvalue weighted by atomic mass is 32.2. The smallest absolute Gasteiger partial charge is 0.294 e. The first-order valence-corrected chi connectivity index (χ1v) is 12.8. The third-order valence-corrected chi connectivity index (χ3v) is 6.89. The summed E-state index contributed by atoms with van der Waals surface area (Å²) in [6, 6.07) is 19.3. The van der Waals surface area contributed by atoms with Gasteiger partial charge < -0.3 is 20.1 Å². The molecular weight excluding hydrogens is 518 g/mol. The minimum Gasteiger partial charge on any atom is -0.495 e. The molecule has 1 aliphatic heterocycles. The molecule has 0 atom stereocenters. The van der Waals surface area contributed by atoms with E-state index in [-0.39, 0.29) is 24.0 Å². The van der Waals surface area contributed by atoms with E-state index in [1.807, 2.05) is 26.0 Å². The SMILES string of the molecule is COc1ccccc1NC(=O)COc1ccc(/C=C2\SC(=O)N(CC(=O)Nc3cccc(C)c3C)C2=O)cc1. The fourth-order valence-corrected chi connectivity index (χ4v) is 4.59. The van der Waals surface area contributed by atoms with E-state index >= 15 is 0 Å². The first-order chi connectivity index (χ1) is 18.7. The number of imide groups is 1. The van der Waals surface area contributed by atoms with Gasteiger partial charge in [-0.1, -0.05) is 36.4 Å². The zero-order valence-corrected chi connectivity index (χ0v) is 22.5. The first kappa shape index (κ1) is 27.5. The number of anilines is 2. The van der Waals surface area contributed by atoms with E-state index in [0.717, 1.165) is 27.8 Å². The number of nitrogens with zero attached hydrogens (tertiary/aromatic N) is 1. The fraction of sp³-hybridized carbons (Fsp3) is 0.172. The minimum atomic E-state index is -0.533. The van der Waals surface area contributed by atoms with Crippen LogP contribution in [0.5, 0.6) is 11.5 Å². The lowest BCUT2D eigenvalue weighted by Crippen LogP contribution is -2.36. The van der Waals surface area contributed by atoms with E-state index in [1.54, 1.807) is 60.7 Å². The molecule has 0 aromatic heterocycles. The van der Waals surface area contributed by atoms with Gasteiger partial charge in [-0.05, 0) is 78.7 Å². The summed E-state index contributed by atoms with van der Waals surface area (Å²) in [5.41, 5.74) is 3.78. The van der Waals surface area contributed by atoms with Gasteiger partial charge in [-0.25, -0.2) is 0 Å². The van der Waals surface area contributed by atoms with Gasteiger partial charge in [0.25, 0.3) is 17.1 Å². The van der Waals surface area contributed by atoms with Crippen molar-refractivity contribution in [1.29, 1.82) is 0 Å². The van der Waals surface area contributed by atoms with Crippen molar-refractivity contribution >= 4 is 52.2 Å². The molecule has 0 aliphatic carbocycles. The van der Waals surface area contributed by atoms with Crippen LogP contribution in [0.3, 0.4) is 0 Å². The molecule has 10 heteroatoms. The molecule has 39 heavy (non-hydrogen) atoms. The van der Waals surface area contributed by atoms with Crippen LogP contribution in [-0.4, -0.2) is 48.1 Å². The summed E-state index contributed by atoms with van der Waals surface area (Å²) in [4.78, 5) is 51.2. The highest BCUT2D eigenvalue weighted by Gasteiger charge is 2.36. The molecule has 0 radical (unpaired) electrons. The van der Waals surface area contributed by atoms with Crippen LogP contribution in [0.4, 0.5) is 16.2 Å². The standard InChI is InChI=1S/C29H27N3O6S/c1-18-7-6-9-22(19(18)2)30-26(33)16-32-28(35)25(39-29(32)36)15-20-11-13-21(14-12-20)38-17-27(34)31-23-8-4-5-10-24(23)37-3/h4-15H,16-17H2,1-3H3,(H,30,33)(H,31,34)/b25-15-. The lowest BCUT2D eigenvalue weighted by Gasteiger charge is -2.14. The summed E-state index contributed by atoms with van der Waals surface area (Å²) in [6.45, 7) is 3.24. The lowest BCUT2D eigenvalue weighted by atomic mass is 10.1. The number of aryl methyl sites for hydroxylation is 1. The van der Waals surface area contributed by atoms with Gasteiger partial charge in [0.15, 0.2) is 6.61 Å². The minimum absolute atomic E-state index is 0.208. The topological polar surface area (TPSA) is 114 Å². The molecule has 1 aliphatic rings. The molecule has 4 amide bonds. The summed E-state index contributed by atoms with van der Waals surface area (Å²) < 4.78 is 10.8. The molecule has 3 aromatic rings. The Bertz CT molecular complexity index is 1450. The maximum Gasteiger partial charge on any atom is 0.294 e. The van der Waals surface area contributed by atoms with Crippen LogP contribution >= 0.6 is 11.8 Å². The van der Waals surface area contributed by atoms with E-state index in [9.17, 15) is 19.2 Å². The molecule has 0 spiro atoms. The molecule has 4 rings (SSSR count). The van der Waals surface area contributed by atoms with E-state index < -0.39 is 17.1 Å². The van der Waals surface area contributed by atoms with Crippen LogP contribution < -0.4 is 20.1 Å². The zero-order chi connectivity index (χ0) is 27.9. The number of hydrogen-bond donors (Lipinski definition) is 2. The summed E-state index contributed by atoms with van der Waals surface area (Å²) >= 11 is 0.777. The van der Waals surface area contributed by atoms with Crippen molar-refractivity contribution in [1.82, 2.24) is 4.90 Å².